The molecule has 0 atom stereocenters. The lowest BCUT2D eigenvalue weighted by Crippen LogP contribution is -2.27. The molecule has 5 rings (SSSR count). The third kappa shape index (κ3) is 3.67. The van der Waals surface area contributed by atoms with Gasteiger partial charge in [-0.3, -0.25) is 4.79 Å². The molecule has 9 heteroatoms. The normalized spacial score (nSPS) is 14.5. The number of nitrogens with one attached hydrogen (secondary N) is 2. The van der Waals surface area contributed by atoms with Crippen LogP contribution >= 0.6 is 11.6 Å². The van der Waals surface area contributed by atoms with Crippen LogP contribution in [-0.4, -0.2) is 36.3 Å². The van der Waals surface area contributed by atoms with Gasteiger partial charge in [0, 0.05) is 22.5 Å². The minimum absolute atomic E-state index is 0.0460. The zero-order valence-corrected chi connectivity index (χ0v) is 18.5. The molecule has 0 bridgehead atoms. The van der Waals surface area contributed by atoms with Gasteiger partial charge in [0.1, 0.15) is 0 Å². The third-order valence-electron chi connectivity index (χ3n) is 5.93. The number of nitrogens with zero attached hydrogens (tertiary/aromatic N) is 5. The molecule has 1 fully saturated rings. The Balaban J connectivity index is 1.48. The highest BCUT2D eigenvalue weighted by Gasteiger charge is 2.51. The number of aromatic nitrogens is 6. The van der Waals surface area contributed by atoms with Crippen LogP contribution in [0.2, 0.25) is 5.02 Å². The third-order valence-corrected chi connectivity index (χ3v) is 6.17. The second-order valence-electron chi connectivity index (χ2n) is 8.40. The average molecular weight is 448 g/mol. The molecule has 0 spiro atoms. The molecule has 162 valence electrons. The summed E-state index contributed by atoms with van der Waals surface area (Å²) >= 11 is 6.16. The first-order valence-electron chi connectivity index (χ1n) is 10.5. The molecule has 1 aliphatic rings. The van der Waals surface area contributed by atoms with Gasteiger partial charge >= 0.3 is 0 Å². The smallest absolute Gasteiger partial charge is 0.235 e. The van der Waals surface area contributed by atoms with Crippen LogP contribution in [0.15, 0.2) is 54.9 Å². The Labute approximate surface area is 190 Å². The predicted octanol–water partition coefficient (Wildman–Crippen LogP) is 4.50. The highest BCUT2D eigenvalue weighted by molar-refractivity contribution is 6.30. The van der Waals surface area contributed by atoms with Gasteiger partial charge in [0.25, 0.3) is 0 Å². The van der Waals surface area contributed by atoms with E-state index in [1.54, 1.807) is 4.68 Å². The molecule has 0 saturated heterocycles. The van der Waals surface area contributed by atoms with Crippen molar-refractivity contribution in [3.8, 4) is 17.1 Å². The SMILES string of the molecule is CC(C)c1cnn(-c2ccc(NC(=O)C3(c4cccc(Cl)c4)CC3)cc2-c2nnn[nH]2)c1. The first-order valence-corrected chi connectivity index (χ1v) is 10.8. The van der Waals surface area contributed by atoms with Gasteiger partial charge in [-0.15, -0.1) is 5.10 Å². The van der Waals surface area contributed by atoms with Crippen molar-refractivity contribution in [2.45, 2.75) is 38.0 Å². The van der Waals surface area contributed by atoms with E-state index < -0.39 is 5.41 Å². The van der Waals surface area contributed by atoms with E-state index in [4.69, 9.17) is 11.6 Å². The van der Waals surface area contributed by atoms with Crippen LogP contribution in [-0.2, 0) is 10.2 Å². The molecule has 1 amide bonds. The zero-order chi connectivity index (χ0) is 22.3. The minimum Gasteiger partial charge on any atom is -0.325 e. The number of carbonyl (C=O) groups excluding carboxylic acids is 1. The van der Waals surface area contributed by atoms with Gasteiger partial charge in [0.05, 0.1) is 17.3 Å². The van der Waals surface area contributed by atoms with Crippen molar-refractivity contribution >= 4 is 23.2 Å². The maximum atomic E-state index is 13.2. The fourth-order valence-electron chi connectivity index (χ4n) is 3.85. The van der Waals surface area contributed by atoms with Gasteiger partial charge in [-0.25, -0.2) is 9.78 Å². The summed E-state index contributed by atoms with van der Waals surface area (Å²) < 4.78 is 1.80. The van der Waals surface area contributed by atoms with E-state index in [0.29, 0.717) is 22.5 Å². The molecule has 2 aromatic carbocycles. The Kier molecular flexibility index (Phi) is 5.01. The lowest BCUT2D eigenvalue weighted by Gasteiger charge is -2.17. The van der Waals surface area contributed by atoms with Crippen LogP contribution in [0.3, 0.4) is 0 Å². The first kappa shape index (κ1) is 20.4. The van der Waals surface area contributed by atoms with E-state index in [0.717, 1.165) is 35.2 Å². The summed E-state index contributed by atoms with van der Waals surface area (Å²) in [6, 6.07) is 13.2. The Bertz CT molecular complexity index is 1280. The van der Waals surface area contributed by atoms with E-state index in [-0.39, 0.29) is 5.91 Å². The lowest BCUT2D eigenvalue weighted by molar-refractivity contribution is -0.118. The van der Waals surface area contributed by atoms with Crippen LogP contribution in [0.25, 0.3) is 17.1 Å². The molecule has 0 radical (unpaired) electrons. The molecule has 1 aliphatic carbocycles. The Hall–Kier alpha value is -3.52. The lowest BCUT2D eigenvalue weighted by atomic mass is 9.95. The molecule has 8 nitrogen and oxygen atoms in total. The van der Waals surface area contributed by atoms with Crippen LogP contribution in [0, 0.1) is 0 Å². The maximum absolute atomic E-state index is 13.2. The van der Waals surface area contributed by atoms with Gasteiger partial charge in [-0.05, 0) is 70.6 Å². The summed E-state index contributed by atoms with van der Waals surface area (Å²) in [7, 11) is 0. The standard InChI is InChI=1S/C23H22ClN7O/c1-14(2)15-12-25-31(13-15)20-7-6-18(11-19(20)21-27-29-30-28-21)26-22(32)23(8-9-23)16-4-3-5-17(24)10-16/h3-7,10-14H,8-9H2,1-2H3,(H,26,32)(H,27,28,29,30). The largest absolute Gasteiger partial charge is 0.325 e. The number of hydrogen-bond donors (Lipinski definition) is 2. The second-order valence-corrected chi connectivity index (χ2v) is 8.84. The summed E-state index contributed by atoms with van der Waals surface area (Å²) in [6.07, 6.45) is 5.43. The van der Waals surface area contributed by atoms with Crippen LogP contribution in [0.1, 0.15) is 43.7 Å². The Morgan fingerprint density at radius 1 is 1.22 bits per heavy atom. The van der Waals surface area contributed by atoms with Gasteiger partial charge in [0.2, 0.25) is 5.91 Å². The van der Waals surface area contributed by atoms with E-state index >= 15 is 0 Å². The summed E-state index contributed by atoms with van der Waals surface area (Å²) in [5.74, 6) is 0.808. The number of halogens is 1. The molecule has 32 heavy (non-hydrogen) atoms. The molecule has 2 heterocycles. The second kappa shape index (κ2) is 7.87. The zero-order valence-electron chi connectivity index (χ0n) is 17.7. The van der Waals surface area contributed by atoms with Crippen molar-refractivity contribution < 1.29 is 4.79 Å². The van der Waals surface area contributed by atoms with Crippen molar-refractivity contribution in [2.24, 2.45) is 0 Å². The summed E-state index contributed by atoms with van der Waals surface area (Å²) in [6.45, 7) is 4.24. The first-order chi connectivity index (χ1) is 15.5. The predicted molar refractivity (Wildman–Crippen MR) is 122 cm³/mol. The summed E-state index contributed by atoms with van der Waals surface area (Å²) in [4.78, 5) is 13.2. The highest BCUT2D eigenvalue weighted by atomic mass is 35.5. The van der Waals surface area contributed by atoms with Crippen molar-refractivity contribution in [1.82, 2.24) is 30.4 Å². The molecule has 1 saturated carbocycles. The van der Waals surface area contributed by atoms with Crippen LogP contribution < -0.4 is 5.32 Å². The Morgan fingerprint density at radius 2 is 2.06 bits per heavy atom. The number of aromatic amines is 1. The molecular formula is C23H22ClN7O. The molecule has 2 aromatic heterocycles. The number of benzene rings is 2. The highest BCUT2D eigenvalue weighted by Crippen LogP contribution is 2.49. The van der Waals surface area contributed by atoms with E-state index in [1.807, 2.05) is 54.9 Å². The minimum atomic E-state index is -0.536. The van der Waals surface area contributed by atoms with E-state index in [1.165, 1.54) is 0 Å². The van der Waals surface area contributed by atoms with E-state index in [2.05, 4.69) is 44.9 Å². The van der Waals surface area contributed by atoms with Gasteiger partial charge in [0.15, 0.2) is 5.82 Å². The number of tetrazole rings is 1. The number of rotatable bonds is 6. The number of carbonyl (C=O) groups is 1. The van der Waals surface area contributed by atoms with Crippen molar-refractivity contribution in [2.75, 3.05) is 5.32 Å². The number of H-pyrrole nitrogens is 1. The monoisotopic (exact) mass is 447 g/mol. The fourth-order valence-corrected chi connectivity index (χ4v) is 4.04. The molecule has 0 unspecified atom stereocenters. The van der Waals surface area contributed by atoms with Crippen LogP contribution in [0.5, 0.6) is 0 Å². The number of anilines is 1. The van der Waals surface area contributed by atoms with Gasteiger partial charge in [-0.1, -0.05) is 37.6 Å². The van der Waals surface area contributed by atoms with E-state index in [9.17, 15) is 4.79 Å². The van der Waals surface area contributed by atoms with Gasteiger partial charge in [-0.2, -0.15) is 5.10 Å². The summed E-state index contributed by atoms with van der Waals surface area (Å²) in [5.41, 5.74) is 3.74. The quantitative estimate of drug-likeness (QED) is 0.453. The molecular weight excluding hydrogens is 426 g/mol. The molecule has 2 N–H and O–H groups in total. The maximum Gasteiger partial charge on any atom is 0.235 e. The fraction of sp³-hybridized carbons (Fsp3) is 0.261. The van der Waals surface area contributed by atoms with Gasteiger partial charge < -0.3 is 5.32 Å². The summed E-state index contributed by atoms with van der Waals surface area (Å²) in [5, 5.41) is 22.5. The number of amides is 1. The average Bonchev–Trinajstić information content (AvgIpc) is 3.18. The topological polar surface area (TPSA) is 101 Å². The van der Waals surface area contributed by atoms with Crippen molar-refractivity contribution in [3.63, 3.8) is 0 Å². The molecule has 0 aliphatic heterocycles. The van der Waals surface area contributed by atoms with Crippen molar-refractivity contribution in [3.05, 3.63) is 71.0 Å². The number of hydrogen-bond acceptors (Lipinski definition) is 5. The Morgan fingerprint density at radius 3 is 2.72 bits per heavy atom. The van der Waals surface area contributed by atoms with Crippen molar-refractivity contribution in [1.29, 1.82) is 0 Å². The molecule has 4 aromatic rings. The van der Waals surface area contributed by atoms with Crippen LogP contribution in [0.4, 0.5) is 5.69 Å².